The maximum atomic E-state index is 12.1. The first kappa shape index (κ1) is 13.0. The fourth-order valence-corrected chi connectivity index (χ4v) is 2.79. The normalized spacial score (nSPS) is 14.6. The van der Waals surface area contributed by atoms with Crippen LogP contribution in [0.4, 0.5) is 5.82 Å². The van der Waals surface area contributed by atoms with Crippen LogP contribution in [0.15, 0.2) is 11.1 Å². The third kappa shape index (κ3) is 2.19. The minimum atomic E-state index is -3.56. The molecule has 16 heavy (non-hydrogen) atoms. The van der Waals surface area contributed by atoms with Crippen molar-refractivity contribution in [2.24, 2.45) is 5.92 Å². The van der Waals surface area contributed by atoms with Gasteiger partial charge in [0.05, 0.1) is 6.20 Å². The Kier molecular flexibility index (Phi) is 3.59. The molecule has 7 heteroatoms. The van der Waals surface area contributed by atoms with E-state index < -0.39 is 10.0 Å². The van der Waals surface area contributed by atoms with Gasteiger partial charge in [0, 0.05) is 13.1 Å². The molecule has 1 heterocycles. The third-order valence-electron chi connectivity index (χ3n) is 2.83. The highest BCUT2D eigenvalue weighted by Crippen LogP contribution is 2.22. The first-order valence-electron chi connectivity index (χ1n) is 5.05. The number of H-pyrrole nitrogens is 1. The van der Waals surface area contributed by atoms with E-state index in [1.807, 2.05) is 20.8 Å². The molecule has 1 unspecified atom stereocenters. The molecule has 6 nitrogen and oxygen atoms in total. The molecule has 0 aliphatic rings. The maximum Gasteiger partial charge on any atom is 0.248 e. The van der Waals surface area contributed by atoms with E-state index in [-0.39, 0.29) is 22.7 Å². The molecule has 1 rings (SSSR count). The summed E-state index contributed by atoms with van der Waals surface area (Å²) in [6.45, 7) is 5.79. The van der Waals surface area contributed by atoms with Gasteiger partial charge < -0.3 is 5.73 Å². The van der Waals surface area contributed by atoms with E-state index in [1.165, 1.54) is 10.5 Å². The molecule has 0 saturated carbocycles. The fraction of sp³-hybridized carbons (Fsp3) is 0.667. The van der Waals surface area contributed by atoms with Crippen molar-refractivity contribution in [1.82, 2.24) is 14.5 Å². The van der Waals surface area contributed by atoms with Crippen LogP contribution in [0, 0.1) is 5.92 Å². The van der Waals surface area contributed by atoms with Crippen LogP contribution in [0.3, 0.4) is 0 Å². The third-order valence-corrected chi connectivity index (χ3v) is 4.80. The van der Waals surface area contributed by atoms with Crippen molar-refractivity contribution in [1.29, 1.82) is 0 Å². The molecule has 1 aromatic rings. The number of hydrogen-bond donors (Lipinski definition) is 2. The van der Waals surface area contributed by atoms with Crippen molar-refractivity contribution in [3.05, 3.63) is 6.20 Å². The highest BCUT2D eigenvalue weighted by molar-refractivity contribution is 7.89. The van der Waals surface area contributed by atoms with Crippen molar-refractivity contribution >= 4 is 15.8 Å². The van der Waals surface area contributed by atoms with Crippen molar-refractivity contribution in [2.75, 3.05) is 12.8 Å². The zero-order valence-electron chi connectivity index (χ0n) is 9.93. The van der Waals surface area contributed by atoms with Crippen LogP contribution in [-0.4, -0.2) is 36.0 Å². The predicted octanol–water partition coefficient (Wildman–Crippen LogP) is 0.657. The van der Waals surface area contributed by atoms with E-state index in [9.17, 15) is 8.42 Å². The zero-order valence-corrected chi connectivity index (χ0v) is 10.7. The molecule has 0 aliphatic heterocycles. The highest BCUT2D eigenvalue weighted by Gasteiger charge is 2.29. The first-order valence-corrected chi connectivity index (χ1v) is 6.49. The second-order valence-corrected chi connectivity index (χ2v) is 6.12. The van der Waals surface area contributed by atoms with Gasteiger partial charge in [-0.05, 0) is 12.8 Å². The number of hydrogen-bond acceptors (Lipinski definition) is 4. The molecule has 0 bridgehead atoms. The van der Waals surface area contributed by atoms with Crippen LogP contribution < -0.4 is 5.73 Å². The summed E-state index contributed by atoms with van der Waals surface area (Å²) < 4.78 is 25.6. The van der Waals surface area contributed by atoms with E-state index in [0.717, 1.165) is 0 Å². The minimum absolute atomic E-state index is 0.0301. The minimum Gasteiger partial charge on any atom is -0.383 e. The summed E-state index contributed by atoms with van der Waals surface area (Å²) in [5.41, 5.74) is 5.52. The van der Waals surface area contributed by atoms with Gasteiger partial charge in [-0.1, -0.05) is 13.8 Å². The lowest BCUT2D eigenvalue weighted by Gasteiger charge is -2.26. The van der Waals surface area contributed by atoms with Crippen molar-refractivity contribution in [3.63, 3.8) is 0 Å². The van der Waals surface area contributed by atoms with E-state index in [4.69, 9.17) is 5.73 Å². The number of aromatic nitrogens is 2. The fourth-order valence-electron chi connectivity index (χ4n) is 1.28. The van der Waals surface area contributed by atoms with Gasteiger partial charge in [0.2, 0.25) is 10.0 Å². The molecule has 92 valence electrons. The number of nitrogen functional groups attached to an aromatic ring is 1. The Morgan fingerprint density at radius 2 is 2.00 bits per heavy atom. The van der Waals surface area contributed by atoms with Crippen molar-refractivity contribution in [3.8, 4) is 0 Å². The van der Waals surface area contributed by atoms with Gasteiger partial charge in [-0.3, -0.25) is 5.10 Å². The molecule has 0 spiro atoms. The summed E-state index contributed by atoms with van der Waals surface area (Å²) in [6.07, 6.45) is 1.23. The largest absolute Gasteiger partial charge is 0.383 e. The standard InChI is InChI=1S/C9H18N4O2S/c1-6(2)7(3)13(4)16(14,15)8-5-11-12-9(8)10/h5-7H,1-4H3,(H3,10,11,12). The van der Waals surface area contributed by atoms with Gasteiger partial charge in [0.15, 0.2) is 0 Å². The summed E-state index contributed by atoms with van der Waals surface area (Å²) in [5.74, 6) is 0.302. The van der Waals surface area contributed by atoms with Crippen LogP contribution in [0.1, 0.15) is 20.8 Å². The van der Waals surface area contributed by atoms with Gasteiger partial charge in [-0.2, -0.15) is 9.40 Å². The molecule has 1 atom stereocenters. The topological polar surface area (TPSA) is 92.1 Å². The zero-order chi connectivity index (χ0) is 12.5. The summed E-state index contributed by atoms with van der Waals surface area (Å²) in [6, 6.07) is -0.0979. The Balaban J connectivity index is 3.09. The predicted molar refractivity (Wildman–Crippen MR) is 62.2 cm³/mol. The molecule has 0 amide bonds. The first-order chi connectivity index (χ1) is 7.28. The number of sulfonamides is 1. The molecule has 0 aromatic carbocycles. The Labute approximate surface area is 95.9 Å². The smallest absolute Gasteiger partial charge is 0.248 e. The van der Waals surface area contributed by atoms with Crippen LogP contribution in [0.25, 0.3) is 0 Å². The maximum absolute atomic E-state index is 12.1. The summed E-state index contributed by atoms with van der Waals surface area (Å²) in [5, 5.41) is 6.04. The van der Waals surface area contributed by atoms with Gasteiger partial charge in [0.25, 0.3) is 0 Å². The number of nitrogens with two attached hydrogens (primary N) is 1. The Morgan fingerprint density at radius 1 is 1.44 bits per heavy atom. The van der Waals surface area contributed by atoms with Crippen molar-refractivity contribution < 1.29 is 8.42 Å². The molecule has 0 radical (unpaired) electrons. The summed E-state index contributed by atoms with van der Waals surface area (Å²) >= 11 is 0. The molecule has 1 aromatic heterocycles. The van der Waals surface area contributed by atoms with Crippen molar-refractivity contribution in [2.45, 2.75) is 31.7 Å². The Bertz CT molecular complexity index is 452. The molecule has 0 aliphatic carbocycles. The van der Waals surface area contributed by atoms with Gasteiger partial charge in [0.1, 0.15) is 10.7 Å². The second kappa shape index (κ2) is 4.42. The number of nitrogens with zero attached hydrogens (tertiary/aromatic N) is 2. The van der Waals surface area contributed by atoms with Crippen LogP contribution in [0.5, 0.6) is 0 Å². The Hall–Kier alpha value is -1.08. The van der Waals surface area contributed by atoms with Crippen LogP contribution >= 0.6 is 0 Å². The van der Waals surface area contributed by atoms with Gasteiger partial charge in [-0.25, -0.2) is 8.42 Å². The number of anilines is 1. The van der Waals surface area contributed by atoms with Gasteiger partial charge >= 0.3 is 0 Å². The monoisotopic (exact) mass is 246 g/mol. The van der Waals surface area contributed by atoms with Crippen LogP contribution in [0.2, 0.25) is 0 Å². The SMILES string of the molecule is CC(C)C(C)N(C)S(=O)(=O)c1cn[nH]c1N. The van der Waals surface area contributed by atoms with E-state index in [0.29, 0.717) is 0 Å². The van der Waals surface area contributed by atoms with E-state index in [1.54, 1.807) is 7.05 Å². The van der Waals surface area contributed by atoms with E-state index >= 15 is 0 Å². The molecule has 0 fully saturated rings. The number of nitrogens with one attached hydrogen (secondary N) is 1. The Morgan fingerprint density at radius 3 is 2.38 bits per heavy atom. The van der Waals surface area contributed by atoms with Gasteiger partial charge in [-0.15, -0.1) is 0 Å². The lowest BCUT2D eigenvalue weighted by molar-refractivity contribution is 0.316. The molecule has 0 saturated heterocycles. The average Bonchev–Trinajstić information content (AvgIpc) is 2.62. The number of aromatic amines is 1. The van der Waals surface area contributed by atoms with E-state index in [2.05, 4.69) is 10.2 Å². The second-order valence-electron chi connectivity index (χ2n) is 4.15. The summed E-state index contributed by atoms with van der Waals surface area (Å²) in [7, 11) is -2.01. The lowest BCUT2D eigenvalue weighted by atomic mass is 10.1. The molecule has 3 N–H and O–H groups in total. The lowest BCUT2D eigenvalue weighted by Crippen LogP contribution is -2.38. The quantitative estimate of drug-likeness (QED) is 0.816. The van der Waals surface area contributed by atoms with Crippen LogP contribution in [-0.2, 0) is 10.0 Å². The molecular weight excluding hydrogens is 228 g/mol. The summed E-state index contributed by atoms with van der Waals surface area (Å²) in [4.78, 5) is 0.0301. The molecular formula is C9H18N4O2S. The number of rotatable bonds is 4. The highest BCUT2D eigenvalue weighted by atomic mass is 32.2. The average molecular weight is 246 g/mol.